The number of benzene rings is 2. The van der Waals surface area contributed by atoms with Crippen molar-refractivity contribution in [3.8, 4) is 0 Å². The van der Waals surface area contributed by atoms with E-state index in [4.69, 9.17) is 11.6 Å². The lowest BCUT2D eigenvalue weighted by atomic mass is 9.98. The van der Waals surface area contributed by atoms with Gasteiger partial charge in [-0.25, -0.2) is 4.39 Å². The van der Waals surface area contributed by atoms with Gasteiger partial charge in [-0.2, -0.15) is 0 Å². The summed E-state index contributed by atoms with van der Waals surface area (Å²) >= 11 is 10.9. The highest BCUT2D eigenvalue weighted by Gasteiger charge is 2.22. The molecule has 1 unspecified atom stereocenters. The fourth-order valence-electron chi connectivity index (χ4n) is 2.26. The van der Waals surface area contributed by atoms with Crippen molar-refractivity contribution in [2.45, 2.75) is 17.9 Å². The van der Waals surface area contributed by atoms with E-state index in [-0.39, 0.29) is 16.9 Å². The van der Waals surface area contributed by atoms with E-state index in [1.165, 1.54) is 0 Å². The summed E-state index contributed by atoms with van der Waals surface area (Å²) in [5, 5.41) is 3.47. The van der Waals surface area contributed by atoms with Crippen molar-refractivity contribution in [3.05, 3.63) is 62.8 Å². The molecule has 1 atom stereocenters. The van der Waals surface area contributed by atoms with Crippen molar-refractivity contribution in [1.29, 1.82) is 0 Å². The Morgan fingerprint density at radius 2 is 1.95 bits per heavy atom. The normalized spacial score (nSPS) is 12.4. The molecule has 0 aliphatic heterocycles. The van der Waals surface area contributed by atoms with Gasteiger partial charge >= 0.3 is 0 Å². The van der Waals surface area contributed by atoms with Gasteiger partial charge in [0.2, 0.25) is 0 Å². The minimum atomic E-state index is -0.382. The molecule has 2 rings (SSSR count). The highest BCUT2D eigenvalue weighted by Crippen LogP contribution is 2.35. The molecule has 0 aromatic heterocycles. The largest absolute Gasteiger partial charge is 0.306 e. The first kappa shape index (κ1) is 16.8. The molecule has 0 aliphatic carbocycles. The van der Waals surface area contributed by atoms with E-state index in [9.17, 15) is 4.39 Å². The van der Waals surface area contributed by atoms with Crippen LogP contribution in [-0.4, -0.2) is 12.8 Å². The Balaban J connectivity index is 2.56. The van der Waals surface area contributed by atoms with Crippen molar-refractivity contribution < 1.29 is 4.39 Å². The first-order valence-corrected chi connectivity index (χ1v) is 8.99. The third-order valence-corrected chi connectivity index (χ3v) is 5.30. The molecule has 0 aliphatic rings. The monoisotopic (exact) mass is 387 g/mol. The predicted octanol–water partition coefficient (Wildman–Crippen LogP) is 5.66. The van der Waals surface area contributed by atoms with E-state index in [0.717, 1.165) is 17.0 Å². The van der Waals surface area contributed by atoms with Gasteiger partial charge < -0.3 is 5.32 Å². The van der Waals surface area contributed by atoms with Crippen molar-refractivity contribution in [1.82, 2.24) is 5.32 Å². The van der Waals surface area contributed by atoms with Crippen LogP contribution in [0.15, 0.2) is 45.8 Å². The molecule has 21 heavy (non-hydrogen) atoms. The number of halogens is 3. The van der Waals surface area contributed by atoms with Crippen LogP contribution < -0.4 is 5.32 Å². The molecular formula is C16H16BrClFNS. The van der Waals surface area contributed by atoms with Crippen molar-refractivity contribution in [3.63, 3.8) is 0 Å². The fraction of sp³-hybridized carbons (Fsp3) is 0.250. The van der Waals surface area contributed by atoms with Crippen LogP contribution in [0.2, 0.25) is 5.02 Å². The zero-order chi connectivity index (χ0) is 15.4. The van der Waals surface area contributed by atoms with Gasteiger partial charge in [0.15, 0.2) is 0 Å². The van der Waals surface area contributed by atoms with Gasteiger partial charge in [0.1, 0.15) is 5.82 Å². The first-order valence-electron chi connectivity index (χ1n) is 6.59. The Kier molecular flexibility index (Phi) is 6.11. The van der Waals surface area contributed by atoms with Crippen LogP contribution in [0.3, 0.4) is 0 Å². The van der Waals surface area contributed by atoms with Gasteiger partial charge in [0.25, 0.3) is 0 Å². The van der Waals surface area contributed by atoms with Gasteiger partial charge in [-0.3, -0.25) is 0 Å². The maximum Gasteiger partial charge on any atom is 0.148 e. The number of hydrogen-bond donors (Lipinski definition) is 1. The molecule has 0 heterocycles. The second-order valence-corrected chi connectivity index (χ2v) is 6.58. The average molecular weight is 389 g/mol. The fourth-order valence-corrected chi connectivity index (χ4v) is 3.37. The van der Waals surface area contributed by atoms with Gasteiger partial charge in [-0.15, -0.1) is 11.8 Å². The van der Waals surface area contributed by atoms with Gasteiger partial charge in [0.05, 0.1) is 11.1 Å². The lowest BCUT2D eigenvalue weighted by molar-refractivity contribution is 0.555. The Hall–Kier alpha value is -0.550. The third-order valence-electron chi connectivity index (χ3n) is 3.23. The minimum Gasteiger partial charge on any atom is -0.306 e. The Bertz CT molecular complexity index is 636. The van der Waals surface area contributed by atoms with Crippen LogP contribution in [0, 0.1) is 5.82 Å². The zero-order valence-corrected chi connectivity index (χ0v) is 14.9. The molecule has 112 valence electrons. The van der Waals surface area contributed by atoms with Crippen LogP contribution in [-0.2, 0) is 0 Å². The summed E-state index contributed by atoms with van der Waals surface area (Å²) in [4.78, 5) is 1.13. The first-order chi connectivity index (χ1) is 10.1. The summed E-state index contributed by atoms with van der Waals surface area (Å²) in [5.41, 5.74) is 1.62. The maximum absolute atomic E-state index is 14.5. The topological polar surface area (TPSA) is 12.0 Å². The van der Waals surface area contributed by atoms with E-state index in [1.54, 1.807) is 23.9 Å². The highest BCUT2D eigenvalue weighted by molar-refractivity contribution is 9.10. The quantitative estimate of drug-likeness (QED) is 0.524. The zero-order valence-electron chi connectivity index (χ0n) is 11.8. The molecule has 1 nitrogen and oxygen atoms in total. The Morgan fingerprint density at radius 1 is 1.24 bits per heavy atom. The smallest absolute Gasteiger partial charge is 0.148 e. The molecule has 0 saturated heterocycles. The maximum atomic E-state index is 14.5. The standard InChI is InChI=1S/C16H16BrClFNS/c1-3-20-16(10-6-4-5-7-13(10)21-2)11-8-9-12(17)14(18)15(11)19/h4-9,16,20H,3H2,1-2H3. The molecule has 0 saturated carbocycles. The third kappa shape index (κ3) is 3.62. The van der Waals surface area contributed by atoms with Gasteiger partial charge in [-0.1, -0.05) is 42.8 Å². The second kappa shape index (κ2) is 7.63. The number of rotatable bonds is 5. The van der Waals surface area contributed by atoms with Gasteiger partial charge in [0, 0.05) is 14.9 Å². The molecule has 0 amide bonds. The lowest BCUT2D eigenvalue weighted by Gasteiger charge is -2.22. The molecular weight excluding hydrogens is 373 g/mol. The summed E-state index contributed by atoms with van der Waals surface area (Å²) in [5.74, 6) is -0.382. The molecule has 2 aromatic rings. The molecule has 1 N–H and O–H groups in total. The van der Waals surface area contributed by atoms with Crippen LogP contribution in [0.4, 0.5) is 4.39 Å². The second-order valence-electron chi connectivity index (χ2n) is 4.50. The summed E-state index contributed by atoms with van der Waals surface area (Å²) < 4.78 is 15.1. The number of thioether (sulfide) groups is 1. The van der Waals surface area contributed by atoms with E-state index < -0.39 is 0 Å². The lowest BCUT2D eigenvalue weighted by Crippen LogP contribution is -2.23. The van der Waals surface area contributed by atoms with Crippen LogP contribution in [0.25, 0.3) is 0 Å². The van der Waals surface area contributed by atoms with Crippen LogP contribution in [0.1, 0.15) is 24.1 Å². The SMILES string of the molecule is CCNC(c1ccccc1SC)c1ccc(Br)c(Cl)c1F. The Labute approximate surface area is 142 Å². The van der Waals surface area contributed by atoms with Crippen LogP contribution >= 0.6 is 39.3 Å². The van der Waals surface area contributed by atoms with Crippen LogP contribution in [0.5, 0.6) is 0 Å². The minimum absolute atomic E-state index is 0.122. The van der Waals surface area contributed by atoms with Gasteiger partial charge in [-0.05, 0) is 46.4 Å². The molecule has 5 heteroatoms. The number of nitrogens with one attached hydrogen (secondary N) is 1. The van der Waals surface area contributed by atoms with Crippen molar-refractivity contribution in [2.75, 3.05) is 12.8 Å². The predicted molar refractivity (Wildman–Crippen MR) is 92.9 cm³/mol. The van der Waals surface area contributed by atoms with Crippen molar-refractivity contribution >= 4 is 39.3 Å². The van der Waals surface area contributed by atoms with E-state index in [0.29, 0.717) is 10.0 Å². The molecule has 2 aromatic carbocycles. The summed E-state index contributed by atoms with van der Waals surface area (Å²) in [6.07, 6.45) is 2.02. The van der Waals surface area contributed by atoms with E-state index in [2.05, 4.69) is 21.2 Å². The van der Waals surface area contributed by atoms with Crippen molar-refractivity contribution in [2.24, 2.45) is 0 Å². The molecule has 0 radical (unpaired) electrons. The summed E-state index contributed by atoms with van der Waals surface area (Å²) in [7, 11) is 0. The van der Waals surface area contributed by atoms with E-state index >= 15 is 0 Å². The summed E-state index contributed by atoms with van der Waals surface area (Å²) in [6.45, 7) is 2.74. The average Bonchev–Trinajstić information content (AvgIpc) is 2.51. The molecule has 0 spiro atoms. The van der Waals surface area contributed by atoms with E-state index in [1.807, 2.05) is 37.4 Å². The Morgan fingerprint density at radius 3 is 2.62 bits per heavy atom. The molecule has 0 fully saturated rings. The number of hydrogen-bond acceptors (Lipinski definition) is 2. The molecule has 0 bridgehead atoms. The summed E-state index contributed by atoms with van der Waals surface area (Å²) in [6, 6.07) is 11.4. The highest BCUT2D eigenvalue weighted by atomic mass is 79.9.